The lowest BCUT2D eigenvalue weighted by Gasteiger charge is -2.18. The second-order valence-corrected chi connectivity index (χ2v) is 5.68. The van der Waals surface area contributed by atoms with Crippen LogP contribution in [0.2, 0.25) is 0 Å². The fraction of sp³-hybridized carbons (Fsp3) is 0.333. The number of halogens is 1. The molecular formula is C18H21FN2O4. The second-order valence-electron chi connectivity index (χ2n) is 5.68. The van der Waals surface area contributed by atoms with Gasteiger partial charge in [0, 0.05) is 18.3 Å². The number of amides is 1. The van der Waals surface area contributed by atoms with E-state index >= 15 is 0 Å². The van der Waals surface area contributed by atoms with E-state index in [9.17, 15) is 19.4 Å². The van der Waals surface area contributed by atoms with Crippen molar-refractivity contribution >= 4 is 6.09 Å². The molecule has 7 heteroatoms. The van der Waals surface area contributed by atoms with Crippen molar-refractivity contribution in [2.45, 2.75) is 32.2 Å². The quantitative estimate of drug-likeness (QED) is 0.668. The summed E-state index contributed by atoms with van der Waals surface area (Å²) in [5, 5.41) is 22.5. The molecule has 0 spiro atoms. The zero-order valence-corrected chi connectivity index (χ0v) is 13.9. The first-order chi connectivity index (χ1) is 12.0. The standard InChI is InChI=1S/C18H21FN2O4/c1-12-9-14(17(19)21-10-12)16(23)15(22)7-8-20-18(24)25-11-13-5-3-2-4-6-13/h2-6,9-10,15-16,22-23H,7-8,11H2,1H3,(H,20,24). The van der Waals surface area contributed by atoms with E-state index in [2.05, 4.69) is 10.3 Å². The van der Waals surface area contributed by atoms with Crippen molar-refractivity contribution in [1.82, 2.24) is 10.3 Å². The second kappa shape index (κ2) is 9.10. The number of pyridine rings is 1. The Morgan fingerprint density at radius 2 is 2.04 bits per heavy atom. The number of rotatable bonds is 7. The van der Waals surface area contributed by atoms with Gasteiger partial charge in [0.15, 0.2) is 0 Å². The van der Waals surface area contributed by atoms with E-state index in [1.165, 1.54) is 12.3 Å². The summed E-state index contributed by atoms with van der Waals surface area (Å²) in [5.74, 6) is -0.826. The lowest BCUT2D eigenvalue weighted by molar-refractivity contribution is 0.0111. The zero-order chi connectivity index (χ0) is 18.2. The number of alkyl carbamates (subject to hydrolysis) is 1. The Balaban J connectivity index is 1.75. The summed E-state index contributed by atoms with van der Waals surface area (Å²) in [6.45, 7) is 1.92. The molecule has 1 aromatic carbocycles. The Kier molecular flexibility index (Phi) is 6.85. The van der Waals surface area contributed by atoms with Crippen LogP contribution in [0.4, 0.5) is 9.18 Å². The van der Waals surface area contributed by atoms with Crippen molar-refractivity contribution in [2.24, 2.45) is 0 Å². The van der Waals surface area contributed by atoms with Gasteiger partial charge in [0.25, 0.3) is 0 Å². The van der Waals surface area contributed by atoms with E-state index in [1.807, 2.05) is 30.3 Å². The molecule has 0 aliphatic carbocycles. The molecule has 0 radical (unpaired) electrons. The molecule has 2 unspecified atom stereocenters. The third-order valence-corrected chi connectivity index (χ3v) is 3.61. The Morgan fingerprint density at radius 3 is 2.76 bits per heavy atom. The maximum atomic E-state index is 13.6. The van der Waals surface area contributed by atoms with Crippen LogP contribution in [-0.2, 0) is 11.3 Å². The molecule has 3 N–H and O–H groups in total. The van der Waals surface area contributed by atoms with Crippen molar-refractivity contribution in [3.63, 3.8) is 0 Å². The molecule has 134 valence electrons. The molecule has 0 saturated heterocycles. The molecule has 2 atom stereocenters. The number of aryl methyl sites for hydroxylation is 1. The number of aliphatic hydroxyl groups excluding tert-OH is 2. The van der Waals surface area contributed by atoms with E-state index in [0.29, 0.717) is 5.56 Å². The SMILES string of the molecule is Cc1cnc(F)c(C(O)C(O)CCNC(=O)OCc2ccccc2)c1. The highest BCUT2D eigenvalue weighted by molar-refractivity contribution is 5.67. The highest BCUT2D eigenvalue weighted by Crippen LogP contribution is 2.21. The number of aromatic nitrogens is 1. The molecule has 0 aliphatic rings. The highest BCUT2D eigenvalue weighted by Gasteiger charge is 2.22. The van der Waals surface area contributed by atoms with Crippen LogP contribution in [0.5, 0.6) is 0 Å². The Morgan fingerprint density at radius 1 is 1.32 bits per heavy atom. The lowest BCUT2D eigenvalue weighted by Crippen LogP contribution is -2.30. The third-order valence-electron chi connectivity index (χ3n) is 3.61. The molecule has 25 heavy (non-hydrogen) atoms. The molecule has 0 fully saturated rings. The lowest BCUT2D eigenvalue weighted by atomic mass is 10.0. The Hall–Kier alpha value is -2.51. The van der Waals surface area contributed by atoms with E-state index < -0.39 is 24.2 Å². The van der Waals surface area contributed by atoms with Crippen molar-refractivity contribution in [3.05, 3.63) is 65.2 Å². The number of carbonyl (C=O) groups is 1. The summed E-state index contributed by atoms with van der Waals surface area (Å²) in [6, 6.07) is 10.6. The number of nitrogens with zero attached hydrogens (tertiary/aromatic N) is 1. The van der Waals surface area contributed by atoms with Gasteiger partial charge in [-0.25, -0.2) is 9.78 Å². The molecular weight excluding hydrogens is 327 g/mol. The van der Waals surface area contributed by atoms with Crippen LogP contribution in [0.3, 0.4) is 0 Å². The van der Waals surface area contributed by atoms with Crippen molar-refractivity contribution in [2.75, 3.05) is 6.54 Å². The van der Waals surface area contributed by atoms with Gasteiger partial charge in [0.2, 0.25) is 5.95 Å². The fourth-order valence-corrected chi connectivity index (χ4v) is 2.24. The predicted octanol–water partition coefficient (Wildman–Crippen LogP) is 2.24. The number of nitrogens with one attached hydrogen (secondary N) is 1. The van der Waals surface area contributed by atoms with Gasteiger partial charge in [0.05, 0.1) is 6.10 Å². The number of benzene rings is 1. The average molecular weight is 348 g/mol. The summed E-state index contributed by atoms with van der Waals surface area (Å²) in [5.41, 5.74) is 1.46. The summed E-state index contributed by atoms with van der Waals surface area (Å²) < 4.78 is 18.6. The first-order valence-corrected chi connectivity index (χ1v) is 7.90. The number of hydrogen-bond acceptors (Lipinski definition) is 5. The number of hydrogen-bond donors (Lipinski definition) is 3. The van der Waals surface area contributed by atoms with Crippen molar-refractivity contribution in [1.29, 1.82) is 0 Å². The summed E-state index contributed by atoms with van der Waals surface area (Å²) >= 11 is 0. The fourth-order valence-electron chi connectivity index (χ4n) is 2.24. The van der Waals surface area contributed by atoms with Crippen molar-refractivity contribution in [3.8, 4) is 0 Å². The topological polar surface area (TPSA) is 91.7 Å². The van der Waals surface area contributed by atoms with Gasteiger partial charge in [0.1, 0.15) is 12.7 Å². The van der Waals surface area contributed by atoms with Crippen molar-refractivity contribution < 1.29 is 24.1 Å². The van der Waals surface area contributed by atoms with E-state index in [-0.39, 0.29) is 25.1 Å². The van der Waals surface area contributed by atoms with Crippen LogP contribution >= 0.6 is 0 Å². The molecule has 1 aromatic heterocycles. The monoisotopic (exact) mass is 348 g/mol. The van der Waals surface area contributed by atoms with Gasteiger partial charge in [-0.05, 0) is 30.5 Å². The summed E-state index contributed by atoms with van der Waals surface area (Å²) in [7, 11) is 0. The van der Waals surface area contributed by atoms with Crippen LogP contribution in [0.15, 0.2) is 42.6 Å². The molecule has 0 bridgehead atoms. The molecule has 0 saturated carbocycles. The smallest absolute Gasteiger partial charge is 0.407 e. The first-order valence-electron chi connectivity index (χ1n) is 7.90. The maximum Gasteiger partial charge on any atom is 0.407 e. The van der Waals surface area contributed by atoms with Crippen LogP contribution in [0.1, 0.15) is 29.2 Å². The van der Waals surface area contributed by atoms with E-state index in [1.54, 1.807) is 6.92 Å². The van der Waals surface area contributed by atoms with Gasteiger partial charge >= 0.3 is 6.09 Å². The van der Waals surface area contributed by atoms with Crippen LogP contribution in [0.25, 0.3) is 0 Å². The van der Waals surface area contributed by atoms with Gasteiger partial charge in [-0.1, -0.05) is 30.3 Å². The number of carbonyl (C=O) groups excluding carboxylic acids is 1. The third kappa shape index (κ3) is 5.81. The predicted molar refractivity (Wildman–Crippen MR) is 89.1 cm³/mol. The summed E-state index contributed by atoms with van der Waals surface area (Å²) in [4.78, 5) is 15.1. The molecule has 1 amide bonds. The molecule has 6 nitrogen and oxygen atoms in total. The average Bonchev–Trinajstić information content (AvgIpc) is 2.62. The minimum atomic E-state index is -1.42. The molecule has 1 heterocycles. The largest absolute Gasteiger partial charge is 0.445 e. The molecule has 0 aliphatic heterocycles. The van der Waals surface area contributed by atoms with Crippen LogP contribution in [0, 0.1) is 12.9 Å². The number of aliphatic hydroxyl groups is 2. The highest BCUT2D eigenvalue weighted by atomic mass is 19.1. The number of ether oxygens (including phenoxy) is 1. The van der Waals surface area contributed by atoms with E-state index in [0.717, 1.165) is 5.56 Å². The minimum Gasteiger partial charge on any atom is -0.445 e. The van der Waals surface area contributed by atoms with E-state index in [4.69, 9.17) is 4.74 Å². The Bertz CT molecular complexity index is 697. The molecule has 2 rings (SSSR count). The van der Waals surface area contributed by atoms with Gasteiger partial charge < -0.3 is 20.3 Å². The first kappa shape index (κ1) is 18.8. The van der Waals surface area contributed by atoms with Gasteiger partial charge in [-0.3, -0.25) is 0 Å². The van der Waals surface area contributed by atoms with Gasteiger partial charge in [-0.2, -0.15) is 4.39 Å². The maximum absolute atomic E-state index is 13.6. The van der Waals surface area contributed by atoms with Crippen LogP contribution < -0.4 is 5.32 Å². The Labute approximate surface area is 145 Å². The molecule has 2 aromatic rings. The van der Waals surface area contributed by atoms with Crippen LogP contribution in [-0.4, -0.2) is 33.9 Å². The summed E-state index contributed by atoms with van der Waals surface area (Å²) in [6.07, 6.45) is -1.92. The van der Waals surface area contributed by atoms with Gasteiger partial charge in [-0.15, -0.1) is 0 Å². The normalized spacial score (nSPS) is 13.1. The minimum absolute atomic E-state index is 0.0367. The zero-order valence-electron chi connectivity index (χ0n) is 13.9.